The second-order valence-electron chi connectivity index (χ2n) is 6.62. The molecule has 1 aliphatic carbocycles. The van der Waals surface area contributed by atoms with Gasteiger partial charge in [0.25, 0.3) is 6.92 Å². The Morgan fingerprint density at radius 2 is 2.14 bits per heavy atom. The smallest absolute Gasteiger partial charge is 0.293 e. The lowest BCUT2D eigenvalue weighted by Crippen LogP contribution is -2.22. The minimum absolute atomic E-state index is 0.432. The van der Waals surface area contributed by atoms with Crippen molar-refractivity contribution in [1.82, 2.24) is 0 Å². The predicted molar refractivity (Wildman–Crippen MR) is 94.2 cm³/mol. The van der Waals surface area contributed by atoms with Gasteiger partial charge < -0.3 is 4.65 Å². The molecule has 2 atom stereocenters. The maximum atomic E-state index is 5.92. The highest BCUT2D eigenvalue weighted by atomic mass is 16.4. The molecule has 1 aliphatic heterocycles. The molecule has 2 rings (SSSR count). The van der Waals surface area contributed by atoms with Gasteiger partial charge in [0.1, 0.15) is 7.28 Å². The summed E-state index contributed by atoms with van der Waals surface area (Å²) in [6.45, 7) is 5.59. The van der Waals surface area contributed by atoms with Gasteiger partial charge in [-0.05, 0) is 55.0 Å². The van der Waals surface area contributed by atoms with Gasteiger partial charge in [-0.25, -0.2) is 0 Å². The van der Waals surface area contributed by atoms with Crippen LogP contribution in [-0.2, 0) is 4.65 Å². The number of allylic oxidation sites excluding steroid dienone is 2. The molecule has 1 heterocycles. The Bertz CT molecular complexity index is 390. The van der Waals surface area contributed by atoms with Crippen molar-refractivity contribution >= 4 is 14.2 Å². The Labute approximate surface area is 132 Å². The topological polar surface area (TPSA) is 9.23 Å². The van der Waals surface area contributed by atoms with Crippen LogP contribution in [0.3, 0.4) is 0 Å². The van der Waals surface area contributed by atoms with Crippen LogP contribution in [0.15, 0.2) is 29.5 Å². The number of hydrogen-bond donors (Lipinski definition) is 0. The van der Waals surface area contributed by atoms with Gasteiger partial charge in [-0.2, -0.15) is 0 Å². The van der Waals surface area contributed by atoms with E-state index in [9.17, 15) is 0 Å². The second kappa shape index (κ2) is 9.38. The number of hydrogen-bond acceptors (Lipinski definition) is 1. The lowest BCUT2D eigenvalue weighted by molar-refractivity contribution is 0.363. The van der Waals surface area contributed by atoms with E-state index < -0.39 is 0 Å². The summed E-state index contributed by atoms with van der Waals surface area (Å²) >= 11 is 0. The van der Waals surface area contributed by atoms with E-state index in [1.165, 1.54) is 56.5 Å². The van der Waals surface area contributed by atoms with Crippen molar-refractivity contribution in [3.8, 4) is 0 Å². The van der Waals surface area contributed by atoms with Gasteiger partial charge in [-0.3, -0.25) is 0 Å². The fraction of sp³-hybridized carbons (Fsp3) is 0.722. The van der Waals surface area contributed by atoms with E-state index in [1.54, 1.807) is 0 Å². The Hall–Kier alpha value is -0.650. The molecule has 113 valence electrons. The molecular weight excluding hydrogens is 254 g/mol. The second-order valence-corrected chi connectivity index (χ2v) is 6.62. The van der Waals surface area contributed by atoms with Crippen LogP contribution < -0.4 is 0 Å². The fourth-order valence-corrected chi connectivity index (χ4v) is 3.63. The molecule has 0 spiro atoms. The van der Waals surface area contributed by atoms with Gasteiger partial charge in [0, 0.05) is 0 Å². The zero-order valence-corrected chi connectivity index (χ0v) is 13.8. The molecule has 0 aromatic carbocycles. The van der Waals surface area contributed by atoms with E-state index in [1.807, 2.05) is 0 Å². The monoisotopic (exact) mass is 283 g/mol. The highest BCUT2D eigenvalue weighted by Gasteiger charge is 2.25. The largest absolute Gasteiger partial charge is 0.432 e. The Morgan fingerprint density at radius 3 is 2.86 bits per heavy atom. The van der Waals surface area contributed by atoms with E-state index in [4.69, 9.17) is 4.65 Å². The molecule has 1 saturated heterocycles. The van der Waals surface area contributed by atoms with E-state index in [0.717, 1.165) is 11.8 Å². The van der Waals surface area contributed by atoms with Crippen LogP contribution in [0.4, 0.5) is 0 Å². The lowest BCUT2D eigenvalue weighted by atomic mass is 9.54. The summed E-state index contributed by atoms with van der Waals surface area (Å²) in [5.41, 5.74) is 4.82. The minimum Gasteiger partial charge on any atom is -0.432 e. The zero-order chi connectivity index (χ0) is 14.9. The van der Waals surface area contributed by atoms with Crippen molar-refractivity contribution in [2.75, 3.05) is 6.61 Å². The molecule has 0 amide bonds. The zero-order valence-electron chi connectivity index (χ0n) is 13.8. The van der Waals surface area contributed by atoms with Crippen LogP contribution in [0.25, 0.3) is 0 Å². The first-order valence-corrected chi connectivity index (χ1v) is 8.86. The van der Waals surface area contributed by atoms with Crippen LogP contribution >= 0.6 is 0 Å². The summed E-state index contributed by atoms with van der Waals surface area (Å²) in [6.07, 6.45) is 16.7. The first kappa shape index (κ1) is 16.7. The summed E-state index contributed by atoms with van der Waals surface area (Å²) in [4.78, 5) is 0. The molecule has 0 saturated carbocycles. The first-order chi connectivity index (χ1) is 10.3. The molecule has 1 nitrogen and oxygen atoms in total. The molecule has 2 unspecified atom stereocenters. The number of rotatable bonds is 8. The quantitative estimate of drug-likeness (QED) is 0.448. The third kappa shape index (κ3) is 5.93. The van der Waals surface area contributed by atoms with Crippen LogP contribution in [0.2, 0.25) is 25.3 Å². The van der Waals surface area contributed by atoms with E-state index in [0.29, 0.717) is 13.5 Å². The first-order valence-electron chi connectivity index (χ1n) is 8.86. The van der Waals surface area contributed by atoms with Crippen molar-refractivity contribution in [2.24, 2.45) is 11.8 Å². The van der Waals surface area contributed by atoms with Crippen LogP contribution in [-0.4, -0.2) is 20.8 Å². The standard InChI is InChI=1S/C18H29B2O/c1-3-8-20(9-4-2)21-10-6-5-7-16-11-17-13-18(12-16)15-19-14-17/h6-7,11,17-18H,3-4,8-10,12-15H2,1-2H3. The third-order valence-corrected chi connectivity index (χ3v) is 4.60. The van der Waals surface area contributed by atoms with Crippen LogP contribution in [0.5, 0.6) is 0 Å². The minimum atomic E-state index is 0.432. The SMILES string of the molecule is CCCB(CCC)OCC=C=CC1=CC2C[B]CC(C1)C2. The molecular formula is C18H29B2O. The molecule has 21 heavy (non-hydrogen) atoms. The van der Waals surface area contributed by atoms with E-state index in [-0.39, 0.29) is 0 Å². The number of fused-ring (bicyclic) bond motifs is 2. The molecule has 1 radical (unpaired) electrons. The molecule has 2 bridgehead atoms. The molecule has 0 aromatic heterocycles. The summed E-state index contributed by atoms with van der Waals surface area (Å²) < 4.78 is 5.92. The lowest BCUT2D eigenvalue weighted by Gasteiger charge is -2.32. The van der Waals surface area contributed by atoms with Gasteiger partial charge in [0.2, 0.25) is 0 Å². The summed E-state index contributed by atoms with van der Waals surface area (Å²) in [7, 11) is 2.47. The molecule has 2 aliphatic rings. The van der Waals surface area contributed by atoms with Gasteiger partial charge in [0.05, 0.1) is 6.61 Å². The van der Waals surface area contributed by atoms with Crippen molar-refractivity contribution in [3.05, 3.63) is 29.5 Å². The molecule has 0 aromatic rings. The van der Waals surface area contributed by atoms with Crippen molar-refractivity contribution in [1.29, 1.82) is 0 Å². The fourth-order valence-electron chi connectivity index (χ4n) is 3.63. The molecule has 1 fully saturated rings. The average molecular weight is 283 g/mol. The van der Waals surface area contributed by atoms with Gasteiger partial charge in [0.15, 0.2) is 0 Å². The normalized spacial score (nSPS) is 23.6. The molecule has 0 N–H and O–H groups in total. The Balaban J connectivity index is 1.76. The van der Waals surface area contributed by atoms with Crippen molar-refractivity contribution in [3.63, 3.8) is 0 Å². The average Bonchev–Trinajstić information content (AvgIpc) is 2.47. The maximum absolute atomic E-state index is 5.92. The maximum Gasteiger partial charge on any atom is 0.293 e. The van der Waals surface area contributed by atoms with E-state index >= 15 is 0 Å². The van der Waals surface area contributed by atoms with Crippen molar-refractivity contribution < 1.29 is 4.65 Å². The third-order valence-electron chi connectivity index (χ3n) is 4.60. The summed E-state index contributed by atoms with van der Waals surface area (Å²) in [5, 5.41) is 0. The Kier molecular flexibility index (Phi) is 7.47. The predicted octanol–water partition coefficient (Wildman–Crippen LogP) is 5.03. The molecule has 3 heteroatoms. The summed E-state index contributed by atoms with van der Waals surface area (Å²) in [5.74, 6) is 1.68. The van der Waals surface area contributed by atoms with Crippen LogP contribution in [0, 0.1) is 11.8 Å². The van der Waals surface area contributed by atoms with Gasteiger partial charge in [-0.1, -0.05) is 45.4 Å². The highest BCUT2D eigenvalue weighted by Crippen LogP contribution is 2.37. The van der Waals surface area contributed by atoms with E-state index in [2.05, 4.69) is 45.1 Å². The summed E-state index contributed by atoms with van der Waals surface area (Å²) in [6, 6.07) is 0. The van der Waals surface area contributed by atoms with Gasteiger partial charge >= 0.3 is 0 Å². The highest BCUT2D eigenvalue weighted by molar-refractivity contribution is 6.51. The van der Waals surface area contributed by atoms with Crippen molar-refractivity contribution in [2.45, 2.75) is 64.8 Å². The Morgan fingerprint density at radius 1 is 1.33 bits per heavy atom. The van der Waals surface area contributed by atoms with Crippen LogP contribution in [0.1, 0.15) is 39.5 Å². The van der Waals surface area contributed by atoms with Gasteiger partial charge in [-0.15, -0.1) is 5.73 Å².